The Bertz CT molecular complexity index is 722. The fourth-order valence-corrected chi connectivity index (χ4v) is 4.71. The Hall–Kier alpha value is -1.24. The van der Waals surface area contributed by atoms with E-state index < -0.39 is 10.7 Å². The third-order valence-electron chi connectivity index (χ3n) is 5.31. The fraction of sp³-hybridized carbons (Fsp3) is 0.600. The summed E-state index contributed by atoms with van der Waals surface area (Å²) in [6.45, 7) is 8.57. The lowest BCUT2D eigenvalue weighted by molar-refractivity contribution is 0.0824. The number of hydrogen-bond acceptors (Lipinski definition) is 5. The molecule has 1 atom stereocenters. The van der Waals surface area contributed by atoms with Gasteiger partial charge in [0.15, 0.2) is 16.5 Å². The maximum Gasteiger partial charge on any atom is 0.167 e. The first-order valence-electron chi connectivity index (χ1n) is 9.44. The van der Waals surface area contributed by atoms with Crippen molar-refractivity contribution in [1.29, 1.82) is 0 Å². The molecule has 0 saturated carbocycles. The van der Waals surface area contributed by atoms with E-state index in [2.05, 4.69) is 18.7 Å². The van der Waals surface area contributed by atoms with E-state index in [1.165, 1.54) is 11.5 Å². The third kappa shape index (κ3) is 4.93. The number of hydrogen-bond donors (Lipinski definition) is 1. The van der Waals surface area contributed by atoms with Crippen LogP contribution in [0.2, 0.25) is 0 Å². The van der Waals surface area contributed by atoms with Crippen molar-refractivity contribution in [3.63, 3.8) is 0 Å². The largest absolute Gasteiger partial charge is 0.302 e. The van der Waals surface area contributed by atoms with Crippen LogP contribution < -0.4 is 0 Å². The summed E-state index contributed by atoms with van der Waals surface area (Å²) in [5.74, 6) is 1.85. The molecule has 1 radical (unpaired) electrons. The van der Waals surface area contributed by atoms with Gasteiger partial charge in [0.1, 0.15) is 0 Å². The van der Waals surface area contributed by atoms with Crippen LogP contribution in [0, 0.1) is 11.8 Å². The number of carbonyl (C=O) groups is 1. The van der Waals surface area contributed by atoms with Crippen LogP contribution in [0.4, 0.5) is 0 Å². The van der Waals surface area contributed by atoms with Gasteiger partial charge in [0, 0.05) is 37.7 Å². The number of carbonyl (C=O) groups excluding carboxylic acids is 1. The number of piperidine rings is 1. The molecule has 1 unspecified atom stereocenters. The van der Waals surface area contributed by atoms with E-state index in [0.717, 1.165) is 56.6 Å². The molecule has 1 aromatic carbocycles. The number of thiol groups is 1. The smallest absolute Gasteiger partial charge is 0.167 e. The van der Waals surface area contributed by atoms with Gasteiger partial charge < -0.3 is 4.90 Å². The first kappa shape index (κ1) is 19.5. The SMILES string of the molecule is C[C](C)CN1CCCC(C(=O)c2ccc3c(c2)CCN(C[SH](=O)=O)C3)C1. The van der Waals surface area contributed by atoms with Gasteiger partial charge in [-0.2, -0.15) is 0 Å². The van der Waals surface area contributed by atoms with Crippen LogP contribution in [0.5, 0.6) is 0 Å². The number of Topliss-reactive ketones (excluding diaryl/α,β-unsaturated/α-hetero) is 1. The van der Waals surface area contributed by atoms with Crippen LogP contribution in [0.15, 0.2) is 18.2 Å². The Morgan fingerprint density at radius 1 is 1.15 bits per heavy atom. The number of nitrogens with zero attached hydrogens (tertiary/aromatic N) is 2. The van der Waals surface area contributed by atoms with Gasteiger partial charge in [0.2, 0.25) is 0 Å². The standard InChI is InChI=1S/C20H29N2O3S/c1-15(2)11-21-8-3-4-19(13-21)20(23)17-5-6-18-12-22(14-26(24)25)9-7-16(18)10-17/h5-6,10,19,26H,3-4,7-9,11-14H2,1-2H3. The molecule has 3 rings (SSSR count). The summed E-state index contributed by atoms with van der Waals surface area (Å²) in [6, 6.07) is 5.98. The molecular weight excluding hydrogens is 348 g/mol. The van der Waals surface area contributed by atoms with Gasteiger partial charge >= 0.3 is 0 Å². The molecule has 2 aliphatic heterocycles. The fourth-order valence-electron chi connectivity index (χ4n) is 4.14. The molecule has 6 heteroatoms. The lowest BCUT2D eigenvalue weighted by Crippen LogP contribution is -2.40. The van der Waals surface area contributed by atoms with E-state index in [1.807, 2.05) is 23.1 Å². The van der Waals surface area contributed by atoms with Crippen LogP contribution in [0.3, 0.4) is 0 Å². The molecule has 2 heterocycles. The summed E-state index contributed by atoms with van der Waals surface area (Å²) >= 11 is 0. The highest BCUT2D eigenvalue weighted by atomic mass is 32.2. The highest BCUT2D eigenvalue weighted by Crippen LogP contribution is 2.25. The van der Waals surface area contributed by atoms with Gasteiger partial charge in [-0.3, -0.25) is 9.69 Å². The summed E-state index contributed by atoms with van der Waals surface area (Å²) in [5, 5.41) is 0. The monoisotopic (exact) mass is 377 g/mol. The number of fused-ring (bicyclic) bond motifs is 1. The molecule has 0 aromatic heterocycles. The van der Waals surface area contributed by atoms with Crippen LogP contribution in [-0.4, -0.2) is 56.1 Å². The normalized spacial score (nSPS) is 21.9. The number of benzene rings is 1. The van der Waals surface area contributed by atoms with E-state index in [0.29, 0.717) is 6.54 Å². The van der Waals surface area contributed by atoms with Gasteiger partial charge in [-0.15, -0.1) is 0 Å². The summed E-state index contributed by atoms with van der Waals surface area (Å²) in [5.41, 5.74) is 3.15. The molecule has 26 heavy (non-hydrogen) atoms. The van der Waals surface area contributed by atoms with E-state index in [1.54, 1.807) is 0 Å². The zero-order valence-corrected chi connectivity index (χ0v) is 16.6. The molecule has 0 amide bonds. The maximum atomic E-state index is 13.0. The number of ketones is 1. The van der Waals surface area contributed by atoms with Gasteiger partial charge in [-0.1, -0.05) is 26.0 Å². The van der Waals surface area contributed by atoms with Crippen LogP contribution in [0.1, 0.15) is 48.2 Å². The van der Waals surface area contributed by atoms with E-state index in [9.17, 15) is 13.2 Å². The zero-order valence-electron chi connectivity index (χ0n) is 15.7. The van der Waals surface area contributed by atoms with Gasteiger partial charge in [-0.05, 0) is 48.9 Å². The van der Waals surface area contributed by atoms with E-state index in [-0.39, 0.29) is 17.6 Å². The molecular formula is C20H29N2O3S. The van der Waals surface area contributed by atoms with Crippen molar-refractivity contribution in [2.24, 2.45) is 5.92 Å². The molecule has 1 fully saturated rings. The summed E-state index contributed by atoms with van der Waals surface area (Å²) in [4.78, 5) is 17.3. The van der Waals surface area contributed by atoms with E-state index >= 15 is 0 Å². The average molecular weight is 378 g/mol. The van der Waals surface area contributed by atoms with Gasteiger partial charge in [0.05, 0.1) is 5.88 Å². The Morgan fingerprint density at radius 3 is 2.69 bits per heavy atom. The second-order valence-corrected chi connectivity index (χ2v) is 8.85. The first-order valence-corrected chi connectivity index (χ1v) is 10.8. The van der Waals surface area contributed by atoms with Crippen molar-refractivity contribution in [2.45, 2.75) is 39.7 Å². The van der Waals surface area contributed by atoms with Gasteiger partial charge in [-0.25, -0.2) is 8.42 Å². The Morgan fingerprint density at radius 2 is 1.96 bits per heavy atom. The first-order chi connectivity index (χ1) is 12.4. The molecule has 0 N–H and O–H groups in total. The Balaban J connectivity index is 1.67. The lowest BCUT2D eigenvalue weighted by Gasteiger charge is -2.33. The van der Waals surface area contributed by atoms with Crippen LogP contribution in [-0.2, 0) is 23.7 Å². The molecule has 0 aliphatic carbocycles. The average Bonchev–Trinajstić information content (AvgIpc) is 2.60. The van der Waals surface area contributed by atoms with Crippen molar-refractivity contribution in [1.82, 2.24) is 9.80 Å². The van der Waals surface area contributed by atoms with Crippen molar-refractivity contribution in [3.8, 4) is 0 Å². The number of rotatable bonds is 6. The Labute approximate surface area is 158 Å². The van der Waals surface area contributed by atoms with Crippen LogP contribution in [0.25, 0.3) is 0 Å². The van der Waals surface area contributed by atoms with E-state index in [4.69, 9.17) is 0 Å². The maximum absolute atomic E-state index is 13.0. The minimum Gasteiger partial charge on any atom is -0.302 e. The molecule has 1 aromatic rings. The Kier molecular flexibility index (Phi) is 6.48. The third-order valence-corrected chi connectivity index (χ3v) is 5.94. The number of likely N-dealkylation sites (tertiary alicyclic amines) is 1. The lowest BCUT2D eigenvalue weighted by atomic mass is 9.87. The molecule has 0 bridgehead atoms. The highest BCUT2D eigenvalue weighted by Gasteiger charge is 2.27. The molecule has 1 saturated heterocycles. The second-order valence-electron chi connectivity index (χ2n) is 7.91. The van der Waals surface area contributed by atoms with Crippen molar-refractivity contribution >= 4 is 16.5 Å². The predicted molar refractivity (Wildman–Crippen MR) is 104 cm³/mol. The van der Waals surface area contributed by atoms with Crippen LogP contribution >= 0.6 is 0 Å². The minimum absolute atomic E-state index is 0.0886. The molecule has 143 valence electrons. The summed E-state index contributed by atoms with van der Waals surface area (Å²) in [7, 11) is -2.38. The molecule has 5 nitrogen and oxygen atoms in total. The van der Waals surface area contributed by atoms with Crippen molar-refractivity contribution < 1.29 is 13.2 Å². The van der Waals surface area contributed by atoms with Crippen molar-refractivity contribution in [2.75, 3.05) is 32.1 Å². The predicted octanol–water partition coefficient (Wildman–Crippen LogP) is 2.12. The van der Waals surface area contributed by atoms with Crippen molar-refractivity contribution in [3.05, 3.63) is 40.8 Å². The topological polar surface area (TPSA) is 57.7 Å². The zero-order chi connectivity index (χ0) is 18.7. The second kappa shape index (κ2) is 8.63. The summed E-state index contributed by atoms with van der Waals surface area (Å²) in [6.07, 6.45) is 2.86. The molecule has 0 spiro atoms. The molecule has 2 aliphatic rings. The van der Waals surface area contributed by atoms with Gasteiger partial charge in [0.25, 0.3) is 0 Å². The summed E-state index contributed by atoms with van der Waals surface area (Å²) < 4.78 is 21.9. The quantitative estimate of drug-likeness (QED) is 0.608. The minimum atomic E-state index is -2.38. The highest BCUT2D eigenvalue weighted by molar-refractivity contribution is 7.72.